The van der Waals surface area contributed by atoms with Gasteiger partial charge in [0.15, 0.2) is 11.6 Å². The fourth-order valence-corrected chi connectivity index (χ4v) is 1.51. The van der Waals surface area contributed by atoms with Gasteiger partial charge in [0.1, 0.15) is 0 Å². The van der Waals surface area contributed by atoms with Crippen molar-refractivity contribution in [3.8, 4) is 5.82 Å². The fraction of sp³-hybridized carbons (Fsp3) is 0.250. The molecule has 4 nitrogen and oxygen atoms in total. The normalized spacial score (nSPS) is 10.4. The van der Waals surface area contributed by atoms with Gasteiger partial charge in [0.05, 0.1) is 11.8 Å². The molecule has 0 aliphatic heterocycles. The second-order valence-corrected chi connectivity index (χ2v) is 3.58. The zero-order valence-electron chi connectivity index (χ0n) is 9.34. The topological polar surface area (TPSA) is 47.8 Å². The monoisotopic (exact) mass is 215 g/mol. The van der Waals surface area contributed by atoms with Crippen LogP contribution in [0, 0.1) is 0 Å². The maximum absolute atomic E-state index is 11.4. The summed E-state index contributed by atoms with van der Waals surface area (Å²) in [4.78, 5) is 15.6. The van der Waals surface area contributed by atoms with Crippen LogP contribution in [0.15, 0.2) is 30.7 Å². The molecule has 2 heterocycles. The third-order valence-electron chi connectivity index (χ3n) is 2.43. The van der Waals surface area contributed by atoms with Gasteiger partial charge < -0.3 is 0 Å². The number of hydrogen-bond acceptors (Lipinski definition) is 3. The Kier molecular flexibility index (Phi) is 2.81. The van der Waals surface area contributed by atoms with E-state index in [9.17, 15) is 4.79 Å². The van der Waals surface area contributed by atoms with Crippen molar-refractivity contribution in [1.29, 1.82) is 0 Å². The van der Waals surface area contributed by atoms with E-state index >= 15 is 0 Å². The predicted octanol–water partition coefficient (Wildman–Crippen LogP) is 2.03. The van der Waals surface area contributed by atoms with E-state index in [-0.39, 0.29) is 5.78 Å². The highest BCUT2D eigenvalue weighted by Crippen LogP contribution is 2.12. The van der Waals surface area contributed by atoms with Crippen LogP contribution in [0.5, 0.6) is 0 Å². The minimum absolute atomic E-state index is 0.00310. The predicted molar refractivity (Wildman–Crippen MR) is 60.7 cm³/mol. The summed E-state index contributed by atoms with van der Waals surface area (Å²) in [6, 6.07) is 3.52. The number of ketones is 1. The van der Waals surface area contributed by atoms with E-state index in [0.717, 1.165) is 12.0 Å². The Morgan fingerprint density at radius 2 is 2.31 bits per heavy atom. The van der Waals surface area contributed by atoms with Crippen LogP contribution in [0.1, 0.15) is 29.8 Å². The van der Waals surface area contributed by atoms with Gasteiger partial charge in [0.25, 0.3) is 0 Å². The van der Waals surface area contributed by atoms with E-state index in [1.54, 1.807) is 29.2 Å². The van der Waals surface area contributed by atoms with Gasteiger partial charge in [-0.2, -0.15) is 5.10 Å². The Hall–Kier alpha value is -1.97. The molecular formula is C12H13N3O. The van der Waals surface area contributed by atoms with Gasteiger partial charge >= 0.3 is 0 Å². The first-order valence-corrected chi connectivity index (χ1v) is 5.22. The summed E-state index contributed by atoms with van der Waals surface area (Å²) in [6.07, 6.45) is 6.27. The molecule has 0 aromatic carbocycles. The minimum atomic E-state index is -0.00310. The van der Waals surface area contributed by atoms with Crippen molar-refractivity contribution in [2.24, 2.45) is 0 Å². The molecule has 0 radical (unpaired) electrons. The van der Waals surface area contributed by atoms with Gasteiger partial charge in [-0.25, -0.2) is 9.67 Å². The smallest absolute Gasteiger partial charge is 0.164 e. The number of Topliss-reactive ketones (excluding diaryl/α,β-unsaturated/α-hetero) is 1. The van der Waals surface area contributed by atoms with Crippen molar-refractivity contribution in [1.82, 2.24) is 14.8 Å². The van der Waals surface area contributed by atoms with Crippen molar-refractivity contribution in [3.05, 3.63) is 41.9 Å². The lowest BCUT2D eigenvalue weighted by atomic mass is 10.2. The third-order valence-corrected chi connectivity index (χ3v) is 2.43. The molecule has 0 N–H and O–H groups in total. The number of pyridine rings is 1. The number of carbonyl (C=O) groups excluding carboxylic acids is 1. The Morgan fingerprint density at radius 1 is 1.50 bits per heavy atom. The number of aryl methyl sites for hydroxylation is 1. The summed E-state index contributed by atoms with van der Waals surface area (Å²) in [6.45, 7) is 3.59. The van der Waals surface area contributed by atoms with Crippen LogP contribution in [-0.4, -0.2) is 20.5 Å². The molecule has 0 spiro atoms. The standard InChI is InChI=1S/C12H13N3O/c1-3-10-7-14-15(8-10)12-11(9(2)16)5-4-6-13-12/h4-8H,3H2,1-2H3. The summed E-state index contributed by atoms with van der Waals surface area (Å²) in [5.74, 6) is 0.589. The maximum Gasteiger partial charge on any atom is 0.164 e. The van der Waals surface area contributed by atoms with Gasteiger partial charge in [-0.1, -0.05) is 6.92 Å². The van der Waals surface area contributed by atoms with Crippen LogP contribution < -0.4 is 0 Å². The van der Waals surface area contributed by atoms with Gasteiger partial charge in [0.2, 0.25) is 0 Å². The highest BCUT2D eigenvalue weighted by Gasteiger charge is 2.10. The average Bonchev–Trinajstić information content (AvgIpc) is 2.77. The molecule has 0 saturated heterocycles. The highest BCUT2D eigenvalue weighted by molar-refractivity contribution is 5.96. The molecule has 4 heteroatoms. The minimum Gasteiger partial charge on any atom is -0.294 e. The first kappa shape index (κ1) is 10.5. The van der Waals surface area contributed by atoms with E-state index < -0.39 is 0 Å². The first-order valence-electron chi connectivity index (χ1n) is 5.22. The molecule has 2 rings (SSSR count). The fourth-order valence-electron chi connectivity index (χ4n) is 1.51. The Balaban J connectivity index is 2.50. The van der Waals surface area contributed by atoms with Crippen molar-refractivity contribution in [3.63, 3.8) is 0 Å². The summed E-state index contributed by atoms with van der Waals surface area (Å²) in [5, 5.41) is 4.20. The molecule has 0 amide bonds. The molecule has 0 saturated carbocycles. The van der Waals surface area contributed by atoms with Gasteiger partial charge in [-0.15, -0.1) is 0 Å². The van der Waals surface area contributed by atoms with E-state index in [4.69, 9.17) is 0 Å². The number of hydrogen-bond donors (Lipinski definition) is 0. The van der Waals surface area contributed by atoms with Gasteiger partial charge in [0, 0.05) is 12.4 Å². The maximum atomic E-state index is 11.4. The molecular weight excluding hydrogens is 202 g/mol. The molecule has 0 aliphatic rings. The van der Waals surface area contributed by atoms with Crippen molar-refractivity contribution in [2.75, 3.05) is 0 Å². The van der Waals surface area contributed by atoms with Crippen LogP contribution in [0.25, 0.3) is 5.82 Å². The zero-order chi connectivity index (χ0) is 11.5. The lowest BCUT2D eigenvalue weighted by Gasteiger charge is -2.04. The van der Waals surface area contributed by atoms with Crippen LogP contribution >= 0.6 is 0 Å². The zero-order valence-corrected chi connectivity index (χ0v) is 9.34. The summed E-state index contributed by atoms with van der Waals surface area (Å²) in [7, 11) is 0. The molecule has 0 aliphatic carbocycles. The second kappa shape index (κ2) is 4.26. The summed E-state index contributed by atoms with van der Waals surface area (Å²) < 4.78 is 1.65. The van der Waals surface area contributed by atoms with Crippen molar-refractivity contribution in [2.45, 2.75) is 20.3 Å². The molecule has 2 aromatic heterocycles. The largest absolute Gasteiger partial charge is 0.294 e. The molecule has 0 atom stereocenters. The van der Waals surface area contributed by atoms with Crippen LogP contribution in [0.2, 0.25) is 0 Å². The van der Waals surface area contributed by atoms with Crippen molar-refractivity contribution < 1.29 is 4.79 Å². The molecule has 0 bridgehead atoms. The van der Waals surface area contributed by atoms with Crippen LogP contribution in [0.3, 0.4) is 0 Å². The molecule has 82 valence electrons. The Labute approximate surface area is 93.9 Å². The first-order chi connectivity index (χ1) is 7.72. The highest BCUT2D eigenvalue weighted by atomic mass is 16.1. The number of rotatable bonds is 3. The Morgan fingerprint density at radius 3 is 2.94 bits per heavy atom. The van der Waals surface area contributed by atoms with Crippen LogP contribution in [-0.2, 0) is 6.42 Å². The second-order valence-electron chi connectivity index (χ2n) is 3.58. The number of aromatic nitrogens is 3. The summed E-state index contributed by atoms with van der Waals surface area (Å²) in [5.41, 5.74) is 1.72. The average molecular weight is 215 g/mol. The lowest BCUT2D eigenvalue weighted by molar-refractivity contribution is 0.101. The number of nitrogens with zero attached hydrogens (tertiary/aromatic N) is 3. The van der Waals surface area contributed by atoms with Gasteiger partial charge in [-0.05, 0) is 31.0 Å². The van der Waals surface area contributed by atoms with E-state index in [2.05, 4.69) is 17.0 Å². The number of carbonyl (C=O) groups is 1. The SMILES string of the molecule is CCc1cnn(-c2ncccc2C(C)=O)c1. The molecule has 16 heavy (non-hydrogen) atoms. The van der Waals surface area contributed by atoms with E-state index in [0.29, 0.717) is 11.4 Å². The van der Waals surface area contributed by atoms with Gasteiger partial charge in [-0.3, -0.25) is 4.79 Å². The van der Waals surface area contributed by atoms with E-state index in [1.807, 2.05) is 6.20 Å². The molecule has 2 aromatic rings. The Bertz CT molecular complexity index is 516. The molecule has 0 fully saturated rings. The van der Waals surface area contributed by atoms with E-state index in [1.165, 1.54) is 6.92 Å². The van der Waals surface area contributed by atoms with Crippen molar-refractivity contribution >= 4 is 5.78 Å². The molecule has 0 unspecified atom stereocenters. The van der Waals surface area contributed by atoms with Crippen LogP contribution in [0.4, 0.5) is 0 Å². The summed E-state index contributed by atoms with van der Waals surface area (Å²) >= 11 is 0. The third kappa shape index (κ3) is 1.86. The lowest BCUT2D eigenvalue weighted by Crippen LogP contribution is -2.06. The quantitative estimate of drug-likeness (QED) is 0.736.